The van der Waals surface area contributed by atoms with Crippen molar-refractivity contribution >= 4 is 0 Å². The summed E-state index contributed by atoms with van der Waals surface area (Å²) in [5.41, 5.74) is 6.32. The Morgan fingerprint density at radius 2 is 2.12 bits per heavy atom. The number of methoxy groups -OCH3 is 1. The lowest BCUT2D eigenvalue weighted by Crippen LogP contribution is -2.42. The monoisotopic (exact) mass is 226 g/mol. The molecular formula is C13H26N2O. The lowest BCUT2D eigenvalue weighted by atomic mass is 9.85. The molecule has 0 atom stereocenters. The van der Waals surface area contributed by atoms with Gasteiger partial charge in [-0.3, -0.25) is 4.90 Å². The van der Waals surface area contributed by atoms with Crippen molar-refractivity contribution in [1.29, 1.82) is 0 Å². The summed E-state index contributed by atoms with van der Waals surface area (Å²) in [6.45, 7) is 8.43. The normalized spacial score (nSPS) is 19.2. The molecule has 0 unspecified atom stereocenters. The Morgan fingerprint density at radius 3 is 2.62 bits per heavy atom. The van der Waals surface area contributed by atoms with E-state index < -0.39 is 0 Å². The third kappa shape index (κ3) is 3.89. The fourth-order valence-corrected chi connectivity index (χ4v) is 2.66. The Morgan fingerprint density at radius 1 is 1.44 bits per heavy atom. The lowest BCUT2D eigenvalue weighted by molar-refractivity contribution is 0.118. The molecule has 1 aliphatic carbocycles. The van der Waals surface area contributed by atoms with E-state index in [1.165, 1.54) is 25.7 Å². The van der Waals surface area contributed by atoms with Crippen molar-refractivity contribution in [2.24, 2.45) is 11.1 Å². The van der Waals surface area contributed by atoms with E-state index in [0.717, 1.165) is 32.8 Å². The molecule has 0 bridgehead atoms. The smallest absolute Gasteiger partial charge is 0.0589 e. The number of rotatable bonds is 8. The molecule has 0 saturated heterocycles. The van der Waals surface area contributed by atoms with Crippen LogP contribution >= 0.6 is 0 Å². The standard InChI is InChI=1S/C13H26N2O/c1-3-8-15(9-10-16-2)12-13(11-14)6-4-5-7-13/h3H,1,4-12,14H2,2H3. The van der Waals surface area contributed by atoms with E-state index >= 15 is 0 Å². The SMILES string of the molecule is C=CCN(CCOC)CC1(CN)CCCC1. The van der Waals surface area contributed by atoms with E-state index in [9.17, 15) is 0 Å². The van der Waals surface area contributed by atoms with Gasteiger partial charge in [-0.05, 0) is 24.8 Å². The van der Waals surface area contributed by atoms with Gasteiger partial charge in [-0.2, -0.15) is 0 Å². The van der Waals surface area contributed by atoms with Crippen molar-refractivity contribution in [2.75, 3.05) is 39.9 Å². The van der Waals surface area contributed by atoms with Gasteiger partial charge in [0.15, 0.2) is 0 Å². The second kappa shape index (κ2) is 7.05. The summed E-state index contributed by atoms with van der Waals surface area (Å²) in [5.74, 6) is 0. The molecule has 0 heterocycles. The highest BCUT2D eigenvalue weighted by atomic mass is 16.5. The van der Waals surface area contributed by atoms with Crippen LogP contribution in [0.15, 0.2) is 12.7 Å². The largest absolute Gasteiger partial charge is 0.383 e. The summed E-state index contributed by atoms with van der Waals surface area (Å²) in [5, 5.41) is 0. The minimum Gasteiger partial charge on any atom is -0.383 e. The summed E-state index contributed by atoms with van der Waals surface area (Å²) in [6, 6.07) is 0. The fourth-order valence-electron chi connectivity index (χ4n) is 2.66. The predicted molar refractivity (Wildman–Crippen MR) is 68.5 cm³/mol. The zero-order chi connectivity index (χ0) is 11.9. The van der Waals surface area contributed by atoms with Crippen molar-refractivity contribution in [3.8, 4) is 0 Å². The van der Waals surface area contributed by atoms with E-state index in [-0.39, 0.29) is 0 Å². The van der Waals surface area contributed by atoms with Gasteiger partial charge in [0.25, 0.3) is 0 Å². The minimum absolute atomic E-state index is 0.358. The number of hydrogen-bond acceptors (Lipinski definition) is 3. The van der Waals surface area contributed by atoms with E-state index in [1.807, 2.05) is 6.08 Å². The van der Waals surface area contributed by atoms with E-state index in [4.69, 9.17) is 10.5 Å². The van der Waals surface area contributed by atoms with Gasteiger partial charge in [0.1, 0.15) is 0 Å². The van der Waals surface area contributed by atoms with Crippen molar-refractivity contribution in [3.05, 3.63) is 12.7 Å². The number of nitrogens with zero attached hydrogens (tertiary/aromatic N) is 1. The van der Waals surface area contributed by atoms with Crippen molar-refractivity contribution in [3.63, 3.8) is 0 Å². The topological polar surface area (TPSA) is 38.5 Å². The molecule has 0 amide bonds. The van der Waals surface area contributed by atoms with Gasteiger partial charge >= 0.3 is 0 Å². The Kier molecular flexibility index (Phi) is 6.03. The molecule has 0 aromatic heterocycles. The van der Waals surface area contributed by atoms with Crippen LogP contribution < -0.4 is 5.73 Å². The fraction of sp³-hybridized carbons (Fsp3) is 0.846. The molecule has 3 nitrogen and oxygen atoms in total. The van der Waals surface area contributed by atoms with Crippen LogP contribution in [0.2, 0.25) is 0 Å². The quantitative estimate of drug-likeness (QED) is 0.639. The van der Waals surface area contributed by atoms with Gasteiger partial charge in [-0.15, -0.1) is 6.58 Å². The van der Waals surface area contributed by atoms with Gasteiger partial charge < -0.3 is 10.5 Å². The van der Waals surface area contributed by atoms with Crippen LogP contribution in [-0.4, -0.2) is 44.8 Å². The molecule has 0 aromatic rings. The number of ether oxygens (including phenoxy) is 1. The molecule has 1 fully saturated rings. The average Bonchev–Trinajstić information content (AvgIpc) is 2.75. The first-order valence-corrected chi connectivity index (χ1v) is 6.28. The minimum atomic E-state index is 0.358. The van der Waals surface area contributed by atoms with E-state index in [2.05, 4.69) is 11.5 Å². The number of hydrogen-bond donors (Lipinski definition) is 1. The Bertz CT molecular complexity index is 200. The van der Waals surface area contributed by atoms with E-state index in [0.29, 0.717) is 5.41 Å². The first kappa shape index (κ1) is 13.7. The number of nitrogens with two attached hydrogens (primary N) is 1. The summed E-state index contributed by atoms with van der Waals surface area (Å²) in [6.07, 6.45) is 7.20. The van der Waals surface area contributed by atoms with Crippen LogP contribution in [0.5, 0.6) is 0 Å². The molecule has 0 radical (unpaired) electrons. The first-order chi connectivity index (χ1) is 7.76. The molecule has 16 heavy (non-hydrogen) atoms. The maximum Gasteiger partial charge on any atom is 0.0589 e. The molecule has 1 aliphatic rings. The van der Waals surface area contributed by atoms with Crippen molar-refractivity contribution in [1.82, 2.24) is 4.90 Å². The van der Waals surface area contributed by atoms with E-state index in [1.54, 1.807) is 7.11 Å². The van der Waals surface area contributed by atoms with Gasteiger partial charge in [-0.1, -0.05) is 18.9 Å². The molecule has 1 rings (SSSR count). The van der Waals surface area contributed by atoms with Gasteiger partial charge in [0.05, 0.1) is 6.61 Å². The highest BCUT2D eigenvalue weighted by Gasteiger charge is 2.33. The molecule has 94 valence electrons. The van der Waals surface area contributed by atoms with Crippen molar-refractivity contribution in [2.45, 2.75) is 25.7 Å². The highest BCUT2D eigenvalue weighted by molar-refractivity contribution is 4.89. The third-order valence-electron chi connectivity index (χ3n) is 3.66. The third-order valence-corrected chi connectivity index (χ3v) is 3.66. The lowest BCUT2D eigenvalue weighted by Gasteiger charge is -2.34. The van der Waals surface area contributed by atoms with Crippen LogP contribution in [0.4, 0.5) is 0 Å². The Balaban J connectivity index is 2.47. The molecule has 2 N–H and O–H groups in total. The van der Waals surface area contributed by atoms with Crippen LogP contribution in [-0.2, 0) is 4.74 Å². The summed E-state index contributed by atoms with van der Waals surface area (Å²) in [7, 11) is 1.75. The zero-order valence-electron chi connectivity index (χ0n) is 10.6. The average molecular weight is 226 g/mol. The summed E-state index contributed by atoms with van der Waals surface area (Å²) in [4.78, 5) is 2.41. The summed E-state index contributed by atoms with van der Waals surface area (Å²) >= 11 is 0. The van der Waals surface area contributed by atoms with Crippen LogP contribution in [0.3, 0.4) is 0 Å². The summed E-state index contributed by atoms with van der Waals surface area (Å²) < 4.78 is 5.14. The second-order valence-corrected chi connectivity index (χ2v) is 4.93. The maximum atomic E-state index is 5.96. The molecule has 0 aliphatic heterocycles. The highest BCUT2D eigenvalue weighted by Crippen LogP contribution is 2.37. The Labute approximate surface area is 99.6 Å². The maximum absolute atomic E-state index is 5.96. The van der Waals surface area contributed by atoms with Crippen LogP contribution in [0.25, 0.3) is 0 Å². The molecule has 0 aromatic carbocycles. The van der Waals surface area contributed by atoms with Gasteiger partial charge in [0.2, 0.25) is 0 Å². The van der Waals surface area contributed by atoms with Crippen LogP contribution in [0.1, 0.15) is 25.7 Å². The Hall–Kier alpha value is -0.380. The van der Waals surface area contributed by atoms with Crippen LogP contribution in [0, 0.1) is 5.41 Å². The van der Waals surface area contributed by atoms with Gasteiger partial charge in [0, 0.05) is 26.7 Å². The molecular weight excluding hydrogens is 200 g/mol. The van der Waals surface area contributed by atoms with Gasteiger partial charge in [-0.25, -0.2) is 0 Å². The first-order valence-electron chi connectivity index (χ1n) is 6.28. The molecule has 1 saturated carbocycles. The molecule has 3 heteroatoms. The van der Waals surface area contributed by atoms with Crippen molar-refractivity contribution < 1.29 is 4.74 Å². The zero-order valence-corrected chi connectivity index (χ0v) is 10.6. The second-order valence-electron chi connectivity index (χ2n) is 4.93. The molecule has 0 spiro atoms. The predicted octanol–water partition coefficient (Wildman–Crippen LogP) is 1.64.